The summed E-state index contributed by atoms with van der Waals surface area (Å²) in [5.74, 6) is 2.06. The van der Waals surface area contributed by atoms with E-state index in [0.29, 0.717) is 28.8 Å². The Morgan fingerprint density at radius 3 is 2.63 bits per heavy atom. The summed E-state index contributed by atoms with van der Waals surface area (Å²) >= 11 is 6.21. The second-order valence-electron chi connectivity index (χ2n) is 6.17. The van der Waals surface area contributed by atoms with Crippen molar-refractivity contribution in [1.29, 1.82) is 0 Å². The quantitative estimate of drug-likeness (QED) is 0.584. The van der Waals surface area contributed by atoms with Gasteiger partial charge in [-0.25, -0.2) is 9.97 Å². The average molecular weight is 387 g/mol. The maximum absolute atomic E-state index is 6.22. The Bertz CT molecular complexity index is 962. The Morgan fingerprint density at radius 1 is 1.15 bits per heavy atom. The number of halogens is 1. The van der Waals surface area contributed by atoms with Gasteiger partial charge in [0, 0.05) is 17.5 Å². The summed E-state index contributed by atoms with van der Waals surface area (Å²) < 4.78 is 10.7. The van der Waals surface area contributed by atoms with Crippen molar-refractivity contribution in [2.24, 2.45) is 0 Å². The van der Waals surface area contributed by atoms with E-state index in [1.807, 2.05) is 24.3 Å². The molecule has 3 N–H and O–H groups in total. The molecule has 0 saturated carbocycles. The van der Waals surface area contributed by atoms with Crippen LogP contribution >= 0.6 is 11.6 Å². The first-order valence-electron chi connectivity index (χ1n) is 8.75. The number of ether oxygens (including phenoxy) is 2. The number of rotatable bonds is 7. The van der Waals surface area contributed by atoms with Gasteiger partial charge in [-0.2, -0.15) is 0 Å². The van der Waals surface area contributed by atoms with Crippen molar-refractivity contribution in [3.63, 3.8) is 0 Å². The Hall–Kier alpha value is -2.73. The fourth-order valence-corrected chi connectivity index (χ4v) is 3.43. The SMILES string of the molecule is CCCc1c(OC)c(N)cc2c(NCc3ccc(OC)c(Cl)c3)ncnc12. The molecular formula is C20H23ClN4O2. The number of nitrogens with two attached hydrogens (primary N) is 1. The van der Waals surface area contributed by atoms with Gasteiger partial charge >= 0.3 is 0 Å². The number of benzene rings is 2. The molecule has 1 heterocycles. The summed E-state index contributed by atoms with van der Waals surface area (Å²) in [5, 5.41) is 4.80. The third-order valence-corrected chi connectivity index (χ3v) is 4.68. The lowest BCUT2D eigenvalue weighted by Gasteiger charge is -2.16. The van der Waals surface area contributed by atoms with Crippen LogP contribution < -0.4 is 20.5 Å². The van der Waals surface area contributed by atoms with Gasteiger partial charge in [-0.05, 0) is 30.2 Å². The third kappa shape index (κ3) is 3.85. The van der Waals surface area contributed by atoms with Gasteiger partial charge in [0.15, 0.2) is 0 Å². The monoisotopic (exact) mass is 386 g/mol. The molecule has 0 aliphatic heterocycles. The number of hydrogen-bond donors (Lipinski definition) is 2. The van der Waals surface area contributed by atoms with Crippen LogP contribution in [0.4, 0.5) is 11.5 Å². The molecule has 1 aromatic heterocycles. The average Bonchev–Trinajstić information content (AvgIpc) is 2.67. The van der Waals surface area contributed by atoms with Crippen LogP contribution in [0.3, 0.4) is 0 Å². The Morgan fingerprint density at radius 2 is 1.96 bits per heavy atom. The summed E-state index contributed by atoms with van der Waals surface area (Å²) in [6, 6.07) is 7.54. The first kappa shape index (κ1) is 19.0. The van der Waals surface area contributed by atoms with E-state index in [9.17, 15) is 0 Å². The van der Waals surface area contributed by atoms with Gasteiger partial charge in [0.25, 0.3) is 0 Å². The summed E-state index contributed by atoms with van der Waals surface area (Å²) in [6.07, 6.45) is 3.35. The van der Waals surface area contributed by atoms with Gasteiger partial charge in [0.05, 0.1) is 30.4 Å². The van der Waals surface area contributed by atoms with E-state index in [4.69, 9.17) is 26.8 Å². The highest BCUT2D eigenvalue weighted by atomic mass is 35.5. The largest absolute Gasteiger partial charge is 0.495 e. The molecule has 3 rings (SSSR count). The van der Waals surface area contributed by atoms with Crippen LogP contribution in [-0.4, -0.2) is 24.2 Å². The minimum Gasteiger partial charge on any atom is -0.495 e. The van der Waals surface area contributed by atoms with Crippen molar-refractivity contribution >= 4 is 34.0 Å². The smallest absolute Gasteiger partial charge is 0.147 e. The molecule has 27 heavy (non-hydrogen) atoms. The molecule has 142 valence electrons. The number of hydrogen-bond acceptors (Lipinski definition) is 6. The molecule has 0 spiro atoms. The molecule has 2 aromatic carbocycles. The zero-order valence-corrected chi connectivity index (χ0v) is 16.4. The molecule has 0 radical (unpaired) electrons. The molecule has 6 nitrogen and oxygen atoms in total. The van der Waals surface area contributed by atoms with E-state index in [-0.39, 0.29) is 0 Å². The normalized spacial score (nSPS) is 10.8. The zero-order chi connectivity index (χ0) is 19.4. The molecule has 0 bridgehead atoms. The van der Waals surface area contributed by atoms with E-state index >= 15 is 0 Å². The highest BCUT2D eigenvalue weighted by Crippen LogP contribution is 2.36. The van der Waals surface area contributed by atoms with Crippen LogP contribution in [0.2, 0.25) is 5.02 Å². The van der Waals surface area contributed by atoms with Gasteiger partial charge in [0.2, 0.25) is 0 Å². The first-order valence-corrected chi connectivity index (χ1v) is 9.13. The highest BCUT2D eigenvalue weighted by molar-refractivity contribution is 6.32. The molecule has 3 aromatic rings. The maximum atomic E-state index is 6.22. The van der Waals surface area contributed by atoms with E-state index in [0.717, 1.165) is 40.7 Å². The lowest BCUT2D eigenvalue weighted by atomic mass is 10.0. The molecule has 0 aliphatic carbocycles. The van der Waals surface area contributed by atoms with Crippen molar-refractivity contribution in [3.05, 3.63) is 46.7 Å². The van der Waals surface area contributed by atoms with Gasteiger partial charge in [-0.1, -0.05) is 31.0 Å². The number of nitrogen functional groups attached to an aromatic ring is 1. The molecule has 0 amide bonds. The lowest BCUT2D eigenvalue weighted by Crippen LogP contribution is -2.05. The minimum absolute atomic E-state index is 0.560. The Kier molecular flexibility index (Phi) is 5.86. The van der Waals surface area contributed by atoms with Crippen LogP contribution in [0.5, 0.6) is 11.5 Å². The second-order valence-corrected chi connectivity index (χ2v) is 6.58. The van der Waals surface area contributed by atoms with Crippen LogP contribution in [0.15, 0.2) is 30.6 Å². The van der Waals surface area contributed by atoms with Crippen molar-refractivity contribution in [2.45, 2.75) is 26.3 Å². The summed E-state index contributed by atoms with van der Waals surface area (Å²) in [5.41, 5.74) is 9.68. The Labute approximate surface area is 163 Å². The van der Waals surface area contributed by atoms with E-state index in [1.165, 1.54) is 0 Å². The van der Waals surface area contributed by atoms with Crippen LogP contribution in [0.1, 0.15) is 24.5 Å². The number of nitrogens with zero attached hydrogens (tertiary/aromatic N) is 2. The molecular weight excluding hydrogens is 364 g/mol. The maximum Gasteiger partial charge on any atom is 0.147 e. The van der Waals surface area contributed by atoms with Crippen LogP contribution in [0.25, 0.3) is 10.9 Å². The minimum atomic E-state index is 0.560. The summed E-state index contributed by atoms with van der Waals surface area (Å²) in [4.78, 5) is 8.88. The number of fused-ring (bicyclic) bond motifs is 1. The zero-order valence-electron chi connectivity index (χ0n) is 15.7. The summed E-state index contributed by atoms with van der Waals surface area (Å²) in [6.45, 7) is 2.67. The van der Waals surface area contributed by atoms with Crippen LogP contribution in [-0.2, 0) is 13.0 Å². The fraction of sp³-hybridized carbons (Fsp3) is 0.300. The lowest BCUT2D eigenvalue weighted by molar-refractivity contribution is 0.412. The highest BCUT2D eigenvalue weighted by Gasteiger charge is 2.16. The van der Waals surface area contributed by atoms with Crippen molar-refractivity contribution in [3.8, 4) is 11.5 Å². The number of aromatic nitrogens is 2. The van der Waals surface area contributed by atoms with Crippen LogP contribution in [0, 0.1) is 0 Å². The van der Waals surface area contributed by atoms with E-state index < -0.39 is 0 Å². The molecule has 0 saturated heterocycles. The van der Waals surface area contributed by atoms with Gasteiger partial charge in [-0.3, -0.25) is 0 Å². The fourth-order valence-electron chi connectivity index (χ4n) is 3.15. The predicted molar refractivity (Wildman–Crippen MR) is 110 cm³/mol. The molecule has 7 heteroatoms. The van der Waals surface area contributed by atoms with Crippen molar-refractivity contribution in [1.82, 2.24) is 9.97 Å². The Balaban J connectivity index is 1.96. The van der Waals surface area contributed by atoms with Crippen molar-refractivity contribution in [2.75, 3.05) is 25.3 Å². The second kappa shape index (κ2) is 8.31. The van der Waals surface area contributed by atoms with Gasteiger partial charge in [0.1, 0.15) is 23.6 Å². The number of nitrogens with one attached hydrogen (secondary N) is 1. The van der Waals surface area contributed by atoms with Gasteiger partial charge < -0.3 is 20.5 Å². The standard InChI is InChI=1S/C20H23ClN4O2/c1-4-5-13-18-14(9-16(22)19(13)27-3)20(25-11-24-18)23-10-12-6-7-17(26-2)15(21)8-12/h6-9,11H,4-5,10,22H2,1-3H3,(H,23,24,25). The number of anilines is 2. The third-order valence-electron chi connectivity index (χ3n) is 4.39. The predicted octanol–water partition coefficient (Wildman–Crippen LogP) is 4.45. The summed E-state index contributed by atoms with van der Waals surface area (Å²) in [7, 11) is 3.23. The first-order chi connectivity index (χ1) is 13.1. The molecule has 0 fully saturated rings. The van der Waals surface area contributed by atoms with Gasteiger partial charge in [-0.15, -0.1) is 0 Å². The molecule has 0 atom stereocenters. The number of aryl methyl sites for hydroxylation is 1. The number of methoxy groups -OCH3 is 2. The molecule has 0 aliphatic rings. The molecule has 0 unspecified atom stereocenters. The topological polar surface area (TPSA) is 82.3 Å². The van der Waals surface area contributed by atoms with Crippen molar-refractivity contribution < 1.29 is 9.47 Å². The van der Waals surface area contributed by atoms with E-state index in [2.05, 4.69) is 22.2 Å². The van der Waals surface area contributed by atoms with E-state index in [1.54, 1.807) is 20.5 Å².